The molecule has 1 N–H and O–H groups in total. The van der Waals surface area contributed by atoms with Crippen molar-refractivity contribution in [1.29, 1.82) is 0 Å². The molecule has 2 rings (SSSR count). The molecule has 0 unspecified atom stereocenters. The maximum atomic E-state index is 11.1. The van der Waals surface area contributed by atoms with Gasteiger partial charge in [-0.2, -0.15) is 0 Å². The Labute approximate surface area is 126 Å². The fraction of sp³-hybridized carbons (Fsp3) is 0.200. The van der Waals surface area contributed by atoms with Crippen molar-refractivity contribution in [2.24, 2.45) is 0 Å². The number of hydrogen-bond acceptors (Lipinski definition) is 4. The number of nitro benzene ring substituents is 1. The van der Waals surface area contributed by atoms with Gasteiger partial charge in [0, 0.05) is 11.1 Å². The lowest BCUT2D eigenvalue weighted by molar-refractivity contribution is -0.385. The molecule has 0 radical (unpaired) electrons. The van der Waals surface area contributed by atoms with Gasteiger partial charge in [-0.15, -0.1) is 0 Å². The molecule has 2 aromatic rings. The standard InChI is InChI=1S/C15H14ClNO4/c1-2-10-3-6-15(14(7-10)17(19)20)21-12-5-4-11(9-18)13(16)8-12/h3-8,18H,2,9H2,1H3. The first kappa shape index (κ1) is 15.3. The highest BCUT2D eigenvalue weighted by atomic mass is 35.5. The predicted molar refractivity (Wildman–Crippen MR) is 79.9 cm³/mol. The molecule has 0 fully saturated rings. The zero-order valence-corrected chi connectivity index (χ0v) is 12.1. The van der Waals surface area contributed by atoms with Gasteiger partial charge < -0.3 is 9.84 Å². The van der Waals surface area contributed by atoms with Crippen LogP contribution < -0.4 is 4.74 Å². The summed E-state index contributed by atoms with van der Waals surface area (Å²) in [6.45, 7) is 1.75. The number of nitro groups is 1. The van der Waals surface area contributed by atoms with Crippen LogP contribution in [0, 0.1) is 10.1 Å². The Bertz CT molecular complexity index is 673. The Hall–Kier alpha value is -2.11. The zero-order valence-electron chi connectivity index (χ0n) is 11.4. The summed E-state index contributed by atoms with van der Waals surface area (Å²) >= 11 is 5.97. The van der Waals surface area contributed by atoms with Crippen molar-refractivity contribution >= 4 is 17.3 Å². The van der Waals surface area contributed by atoms with Crippen molar-refractivity contribution in [3.63, 3.8) is 0 Å². The van der Waals surface area contributed by atoms with Crippen molar-refractivity contribution in [3.8, 4) is 11.5 Å². The normalized spacial score (nSPS) is 10.4. The molecule has 21 heavy (non-hydrogen) atoms. The Balaban J connectivity index is 2.35. The summed E-state index contributed by atoms with van der Waals surface area (Å²) in [5.41, 5.74) is 1.35. The average molecular weight is 308 g/mol. The number of hydrogen-bond donors (Lipinski definition) is 1. The molecular formula is C15H14ClNO4. The monoisotopic (exact) mass is 307 g/mol. The van der Waals surface area contributed by atoms with E-state index in [2.05, 4.69) is 0 Å². The van der Waals surface area contributed by atoms with E-state index in [4.69, 9.17) is 21.4 Å². The molecule has 0 bridgehead atoms. The van der Waals surface area contributed by atoms with E-state index in [1.807, 2.05) is 6.92 Å². The minimum absolute atomic E-state index is 0.0864. The fourth-order valence-electron chi connectivity index (χ4n) is 1.86. The SMILES string of the molecule is CCc1ccc(Oc2ccc(CO)c(Cl)c2)c([N+](=O)[O-])c1. The van der Waals surface area contributed by atoms with Gasteiger partial charge in [-0.1, -0.05) is 30.7 Å². The first-order valence-corrected chi connectivity index (χ1v) is 6.77. The van der Waals surface area contributed by atoms with Crippen LogP contribution in [-0.4, -0.2) is 10.0 Å². The molecule has 0 aromatic heterocycles. The van der Waals surface area contributed by atoms with E-state index in [1.54, 1.807) is 24.3 Å². The summed E-state index contributed by atoms with van der Waals surface area (Å²) in [5.74, 6) is 0.537. The summed E-state index contributed by atoms with van der Waals surface area (Å²) in [7, 11) is 0. The van der Waals surface area contributed by atoms with Crippen molar-refractivity contribution in [2.75, 3.05) is 0 Å². The summed E-state index contributed by atoms with van der Waals surface area (Å²) in [6.07, 6.45) is 0.706. The first-order chi connectivity index (χ1) is 10.0. The third-order valence-electron chi connectivity index (χ3n) is 3.05. The lowest BCUT2D eigenvalue weighted by Gasteiger charge is -2.09. The van der Waals surface area contributed by atoms with Gasteiger partial charge in [0.2, 0.25) is 5.75 Å². The van der Waals surface area contributed by atoms with Gasteiger partial charge in [0.05, 0.1) is 11.5 Å². The number of benzene rings is 2. The van der Waals surface area contributed by atoms with Crippen LogP contribution >= 0.6 is 11.6 Å². The van der Waals surface area contributed by atoms with E-state index >= 15 is 0 Å². The minimum atomic E-state index is -0.474. The second-order valence-corrected chi connectivity index (χ2v) is 4.83. The molecule has 0 heterocycles. The average Bonchev–Trinajstić information content (AvgIpc) is 2.47. The van der Waals surface area contributed by atoms with Crippen LogP contribution in [0.15, 0.2) is 36.4 Å². The third kappa shape index (κ3) is 3.51. The molecule has 110 valence electrons. The second kappa shape index (κ2) is 6.56. The molecular weight excluding hydrogens is 294 g/mol. The Morgan fingerprint density at radius 3 is 2.62 bits per heavy atom. The molecule has 0 saturated carbocycles. The summed E-state index contributed by atoms with van der Waals surface area (Å²) in [4.78, 5) is 10.6. The molecule has 0 aliphatic rings. The van der Waals surface area contributed by atoms with Gasteiger partial charge in [-0.25, -0.2) is 0 Å². The van der Waals surface area contributed by atoms with Crippen LogP contribution in [0.5, 0.6) is 11.5 Å². The predicted octanol–water partition coefficient (Wildman–Crippen LogP) is 4.10. The van der Waals surface area contributed by atoms with Crippen molar-refractivity contribution in [3.05, 3.63) is 62.7 Å². The second-order valence-electron chi connectivity index (χ2n) is 4.43. The molecule has 0 amide bonds. The number of rotatable bonds is 5. The molecule has 0 saturated heterocycles. The molecule has 0 atom stereocenters. The highest BCUT2D eigenvalue weighted by Crippen LogP contribution is 2.33. The van der Waals surface area contributed by atoms with E-state index in [1.165, 1.54) is 12.1 Å². The van der Waals surface area contributed by atoms with Crippen LogP contribution in [0.25, 0.3) is 0 Å². The van der Waals surface area contributed by atoms with Gasteiger partial charge in [0.25, 0.3) is 0 Å². The van der Waals surface area contributed by atoms with Crippen molar-refractivity contribution < 1.29 is 14.8 Å². The first-order valence-electron chi connectivity index (χ1n) is 6.39. The van der Waals surface area contributed by atoms with E-state index in [0.29, 0.717) is 22.8 Å². The van der Waals surface area contributed by atoms with E-state index in [0.717, 1.165) is 5.56 Å². The highest BCUT2D eigenvalue weighted by Gasteiger charge is 2.16. The number of ether oxygens (including phenoxy) is 1. The molecule has 6 heteroatoms. The number of aryl methyl sites for hydroxylation is 1. The lowest BCUT2D eigenvalue weighted by Crippen LogP contribution is -1.95. The molecule has 2 aromatic carbocycles. The van der Waals surface area contributed by atoms with Crippen LogP contribution in [-0.2, 0) is 13.0 Å². The van der Waals surface area contributed by atoms with Crippen LogP contribution in [0.2, 0.25) is 5.02 Å². The topological polar surface area (TPSA) is 72.6 Å². The van der Waals surface area contributed by atoms with Gasteiger partial charge in [0.15, 0.2) is 0 Å². The third-order valence-corrected chi connectivity index (χ3v) is 3.40. The molecule has 0 aliphatic heterocycles. The maximum absolute atomic E-state index is 11.1. The van der Waals surface area contributed by atoms with Gasteiger partial charge >= 0.3 is 5.69 Å². The zero-order chi connectivity index (χ0) is 15.4. The van der Waals surface area contributed by atoms with Crippen molar-refractivity contribution in [1.82, 2.24) is 0 Å². The number of halogens is 1. The summed E-state index contributed by atoms with van der Waals surface area (Å²) in [5, 5.41) is 20.5. The largest absolute Gasteiger partial charge is 0.450 e. The Kier molecular flexibility index (Phi) is 4.77. The summed E-state index contributed by atoms with van der Waals surface area (Å²) < 4.78 is 5.54. The smallest absolute Gasteiger partial charge is 0.311 e. The fourth-order valence-corrected chi connectivity index (χ4v) is 2.09. The van der Waals surface area contributed by atoms with Gasteiger partial charge in [0.1, 0.15) is 5.75 Å². The Morgan fingerprint density at radius 2 is 2.05 bits per heavy atom. The maximum Gasteiger partial charge on any atom is 0.311 e. The highest BCUT2D eigenvalue weighted by molar-refractivity contribution is 6.31. The minimum Gasteiger partial charge on any atom is -0.450 e. The van der Waals surface area contributed by atoms with E-state index in [-0.39, 0.29) is 18.0 Å². The van der Waals surface area contributed by atoms with Crippen molar-refractivity contribution in [2.45, 2.75) is 20.0 Å². The van der Waals surface area contributed by atoms with Crippen LogP contribution in [0.3, 0.4) is 0 Å². The summed E-state index contributed by atoms with van der Waals surface area (Å²) in [6, 6.07) is 9.60. The van der Waals surface area contributed by atoms with E-state index in [9.17, 15) is 10.1 Å². The van der Waals surface area contributed by atoms with Crippen LogP contribution in [0.1, 0.15) is 18.1 Å². The number of aliphatic hydroxyl groups excluding tert-OH is 1. The van der Waals surface area contributed by atoms with Gasteiger partial charge in [-0.05, 0) is 35.7 Å². The molecule has 0 spiro atoms. The molecule has 0 aliphatic carbocycles. The van der Waals surface area contributed by atoms with Crippen LogP contribution in [0.4, 0.5) is 5.69 Å². The quantitative estimate of drug-likeness (QED) is 0.667. The number of nitrogens with zero attached hydrogens (tertiary/aromatic N) is 1. The van der Waals surface area contributed by atoms with Gasteiger partial charge in [-0.3, -0.25) is 10.1 Å². The molecule has 5 nitrogen and oxygen atoms in total. The Morgan fingerprint density at radius 1 is 1.29 bits per heavy atom. The number of aliphatic hydroxyl groups is 1. The van der Waals surface area contributed by atoms with E-state index < -0.39 is 4.92 Å². The lowest BCUT2D eigenvalue weighted by atomic mass is 10.1.